The number of hydrogen-bond donors (Lipinski definition) is 2. The molecule has 1 amide bonds. The van der Waals surface area contributed by atoms with Crippen molar-refractivity contribution in [3.63, 3.8) is 0 Å². The molecule has 1 atom stereocenters. The minimum Gasteiger partial charge on any atom is -0.481 e. The highest BCUT2D eigenvalue weighted by molar-refractivity contribution is 7.98. The van der Waals surface area contributed by atoms with Crippen LogP contribution in [0.15, 0.2) is 5.38 Å². The molecule has 118 valence electrons. The number of carboxylic acid groups (broad SMARTS) is 1. The molecule has 0 saturated heterocycles. The van der Waals surface area contributed by atoms with Gasteiger partial charge in [0, 0.05) is 29.9 Å². The van der Waals surface area contributed by atoms with Crippen LogP contribution < -0.4 is 5.32 Å². The molecule has 0 bridgehead atoms. The van der Waals surface area contributed by atoms with Gasteiger partial charge in [-0.1, -0.05) is 6.92 Å². The summed E-state index contributed by atoms with van der Waals surface area (Å²) in [5.41, 5.74) is 0.160. The number of aryl methyl sites for hydroxylation is 1. The number of thioether (sulfide) groups is 1. The lowest BCUT2D eigenvalue weighted by molar-refractivity contribution is -0.148. The second-order valence-electron chi connectivity index (χ2n) is 5.16. The highest BCUT2D eigenvalue weighted by atomic mass is 32.2. The zero-order chi connectivity index (χ0) is 15.9. The number of rotatable bonds is 9. The molecule has 7 heteroatoms. The Balaban J connectivity index is 2.21. The zero-order valence-corrected chi connectivity index (χ0v) is 14.3. The summed E-state index contributed by atoms with van der Waals surface area (Å²) in [6, 6.07) is 0. The Kier molecular flexibility index (Phi) is 7.17. The van der Waals surface area contributed by atoms with Crippen molar-refractivity contribution < 1.29 is 14.7 Å². The Bertz CT molecular complexity index is 490. The third-order valence-corrected chi connectivity index (χ3v) is 5.18. The predicted molar refractivity (Wildman–Crippen MR) is 86.7 cm³/mol. The van der Waals surface area contributed by atoms with Gasteiger partial charge < -0.3 is 10.4 Å². The third-order valence-electron chi connectivity index (χ3n) is 3.36. The van der Waals surface area contributed by atoms with Crippen molar-refractivity contribution in [3.05, 3.63) is 16.1 Å². The number of nitrogens with one attached hydrogen (secondary N) is 1. The van der Waals surface area contributed by atoms with E-state index < -0.39 is 11.4 Å². The summed E-state index contributed by atoms with van der Waals surface area (Å²) in [6.45, 7) is 5.61. The average Bonchev–Trinajstić information content (AvgIpc) is 2.86. The van der Waals surface area contributed by atoms with Crippen molar-refractivity contribution in [1.29, 1.82) is 0 Å². The van der Waals surface area contributed by atoms with Crippen LogP contribution in [0.5, 0.6) is 0 Å². The Hall–Kier alpha value is -1.08. The smallest absolute Gasteiger partial charge is 0.311 e. The fraction of sp³-hybridized carbons (Fsp3) is 0.643. The molecule has 1 rings (SSSR count). The number of thiazole rings is 1. The van der Waals surface area contributed by atoms with Crippen molar-refractivity contribution in [2.24, 2.45) is 5.41 Å². The van der Waals surface area contributed by atoms with Crippen LogP contribution >= 0.6 is 23.1 Å². The maximum absolute atomic E-state index is 11.7. The molecule has 0 aliphatic rings. The van der Waals surface area contributed by atoms with E-state index in [4.69, 9.17) is 5.11 Å². The standard InChI is InChI=1S/C14H22N2O3S2/c1-4-14(3,13(18)19)9-15-12(17)5-6-20-7-11-8-21-10(2)16-11/h8H,4-7,9H2,1-3H3,(H,15,17)(H,18,19). The van der Waals surface area contributed by atoms with Gasteiger partial charge in [0.05, 0.1) is 16.1 Å². The molecule has 5 nitrogen and oxygen atoms in total. The van der Waals surface area contributed by atoms with E-state index >= 15 is 0 Å². The molecule has 0 aliphatic carbocycles. The molecule has 1 aromatic rings. The van der Waals surface area contributed by atoms with Gasteiger partial charge in [-0.2, -0.15) is 11.8 Å². The Morgan fingerprint density at radius 3 is 2.76 bits per heavy atom. The second kappa shape index (κ2) is 8.38. The molecule has 21 heavy (non-hydrogen) atoms. The van der Waals surface area contributed by atoms with Gasteiger partial charge >= 0.3 is 5.97 Å². The van der Waals surface area contributed by atoms with Gasteiger partial charge in [0.25, 0.3) is 0 Å². The lowest BCUT2D eigenvalue weighted by atomic mass is 9.88. The highest BCUT2D eigenvalue weighted by Gasteiger charge is 2.31. The maximum Gasteiger partial charge on any atom is 0.311 e. The molecule has 0 saturated carbocycles. The summed E-state index contributed by atoms with van der Waals surface area (Å²) < 4.78 is 0. The third kappa shape index (κ3) is 6.05. The number of aromatic nitrogens is 1. The molecule has 0 spiro atoms. The van der Waals surface area contributed by atoms with E-state index in [-0.39, 0.29) is 12.5 Å². The van der Waals surface area contributed by atoms with Gasteiger partial charge in [0.2, 0.25) is 5.91 Å². The number of nitrogens with zero attached hydrogens (tertiary/aromatic N) is 1. The molecule has 0 aliphatic heterocycles. The molecular formula is C14H22N2O3S2. The Morgan fingerprint density at radius 2 is 2.24 bits per heavy atom. The van der Waals surface area contributed by atoms with Crippen molar-refractivity contribution in [3.8, 4) is 0 Å². The van der Waals surface area contributed by atoms with Gasteiger partial charge in [-0.15, -0.1) is 11.3 Å². The molecular weight excluding hydrogens is 308 g/mol. The van der Waals surface area contributed by atoms with Crippen LogP contribution in [0.1, 0.15) is 37.4 Å². The molecule has 0 radical (unpaired) electrons. The first-order chi connectivity index (χ1) is 9.87. The topological polar surface area (TPSA) is 79.3 Å². The van der Waals surface area contributed by atoms with Crippen LogP contribution in [0.4, 0.5) is 0 Å². The van der Waals surface area contributed by atoms with Crippen LogP contribution in [-0.4, -0.2) is 34.3 Å². The van der Waals surface area contributed by atoms with Crippen LogP contribution in [0.3, 0.4) is 0 Å². The van der Waals surface area contributed by atoms with E-state index in [0.717, 1.165) is 16.5 Å². The van der Waals surface area contributed by atoms with Gasteiger partial charge in [0.15, 0.2) is 0 Å². The van der Waals surface area contributed by atoms with E-state index in [9.17, 15) is 9.59 Å². The molecule has 0 fully saturated rings. The first-order valence-corrected chi connectivity index (χ1v) is 8.89. The van der Waals surface area contributed by atoms with Gasteiger partial charge in [-0.3, -0.25) is 9.59 Å². The van der Waals surface area contributed by atoms with Crippen molar-refractivity contribution in [2.45, 2.75) is 39.4 Å². The summed E-state index contributed by atoms with van der Waals surface area (Å²) in [5, 5.41) is 14.9. The molecule has 1 heterocycles. The largest absolute Gasteiger partial charge is 0.481 e. The SMILES string of the molecule is CCC(C)(CNC(=O)CCSCc1csc(C)n1)C(=O)O. The Labute approximate surface area is 133 Å². The minimum atomic E-state index is -0.888. The van der Waals surface area contributed by atoms with E-state index in [0.29, 0.717) is 18.6 Å². The fourth-order valence-corrected chi connectivity index (χ4v) is 3.10. The summed E-state index contributed by atoms with van der Waals surface area (Å²) in [4.78, 5) is 27.2. The van der Waals surface area contributed by atoms with Crippen LogP contribution in [-0.2, 0) is 15.3 Å². The van der Waals surface area contributed by atoms with Crippen molar-refractivity contribution in [2.75, 3.05) is 12.3 Å². The molecule has 0 aromatic carbocycles. The van der Waals surface area contributed by atoms with Crippen molar-refractivity contribution >= 4 is 35.0 Å². The summed E-state index contributed by atoms with van der Waals surface area (Å²) in [6.07, 6.45) is 0.883. The predicted octanol–water partition coefficient (Wildman–Crippen LogP) is 2.69. The van der Waals surface area contributed by atoms with Crippen LogP contribution in [0.25, 0.3) is 0 Å². The Morgan fingerprint density at radius 1 is 1.52 bits per heavy atom. The first kappa shape index (κ1) is 18.0. The first-order valence-electron chi connectivity index (χ1n) is 6.86. The number of hydrogen-bond acceptors (Lipinski definition) is 5. The quantitative estimate of drug-likeness (QED) is 0.681. The maximum atomic E-state index is 11.7. The summed E-state index contributed by atoms with van der Waals surface area (Å²) >= 11 is 3.29. The lowest BCUT2D eigenvalue weighted by Gasteiger charge is -2.23. The number of carbonyl (C=O) groups excluding carboxylic acids is 1. The average molecular weight is 330 g/mol. The number of amides is 1. The normalized spacial score (nSPS) is 13.7. The van der Waals surface area contributed by atoms with E-state index in [1.54, 1.807) is 30.0 Å². The molecule has 1 unspecified atom stereocenters. The van der Waals surface area contributed by atoms with Gasteiger partial charge in [-0.25, -0.2) is 4.98 Å². The second-order valence-corrected chi connectivity index (χ2v) is 7.32. The van der Waals surface area contributed by atoms with Crippen LogP contribution in [0, 0.1) is 12.3 Å². The van der Waals surface area contributed by atoms with E-state index in [1.807, 2.05) is 19.2 Å². The molecule has 1 aromatic heterocycles. The van der Waals surface area contributed by atoms with Crippen molar-refractivity contribution in [1.82, 2.24) is 10.3 Å². The number of carbonyl (C=O) groups is 2. The summed E-state index contributed by atoms with van der Waals surface area (Å²) in [5.74, 6) is 0.536. The zero-order valence-electron chi connectivity index (χ0n) is 12.6. The highest BCUT2D eigenvalue weighted by Crippen LogP contribution is 2.20. The van der Waals surface area contributed by atoms with E-state index in [2.05, 4.69) is 10.3 Å². The van der Waals surface area contributed by atoms with Crippen LogP contribution in [0.2, 0.25) is 0 Å². The fourth-order valence-electron chi connectivity index (χ4n) is 1.55. The monoisotopic (exact) mass is 330 g/mol. The number of aliphatic carboxylic acids is 1. The summed E-state index contributed by atoms with van der Waals surface area (Å²) in [7, 11) is 0. The van der Waals surface area contributed by atoms with E-state index in [1.165, 1.54) is 0 Å². The lowest BCUT2D eigenvalue weighted by Crippen LogP contribution is -2.40. The van der Waals surface area contributed by atoms with Gasteiger partial charge in [0.1, 0.15) is 0 Å². The number of carboxylic acids is 1. The molecule has 2 N–H and O–H groups in total. The van der Waals surface area contributed by atoms with Gasteiger partial charge in [-0.05, 0) is 20.3 Å². The minimum absolute atomic E-state index is 0.0992.